The maximum absolute atomic E-state index is 12.6. The van der Waals surface area contributed by atoms with Gasteiger partial charge in [-0.05, 0) is 42.2 Å². The summed E-state index contributed by atoms with van der Waals surface area (Å²) in [5.74, 6) is -0.146. The van der Waals surface area contributed by atoms with E-state index in [1.807, 2.05) is 60.0 Å². The number of hydrogen-bond donors (Lipinski definition) is 0. The summed E-state index contributed by atoms with van der Waals surface area (Å²) in [5, 5.41) is 3.02. The Labute approximate surface area is 214 Å². The maximum atomic E-state index is 12.6. The second-order valence-corrected chi connectivity index (χ2v) is 9.49. The van der Waals surface area contributed by atoms with Crippen LogP contribution in [0.2, 0.25) is 0 Å². The van der Waals surface area contributed by atoms with Crippen LogP contribution in [0.4, 0.5) is 5.69 Å². The van der Waals surface area contributed by atoms with E-state index in [-0.39, 0.29) is 19.1 Å². The van der Waals surface area contributed by atoms with Gasteiger partial charge in [0.2, 0.25) is 0 Å². The number of carbonyl (C=O) groups is 2. The second kappa shape index (κ2) is 11.2. The van der Waals surface area contributed by atoms with Gasteiger partial charge in [0.25, 0.3) is 5.91 Å². The van der Waals surface area contributed by atoms with Crippen molar-refractivity contribution in [3.05, 3.63) is 100 Å². The summed E-state index contributed by atoms with van der Waals surface area (Å²) in [7, 11) is 0. The highest BCUT2D eigenvalue weighted by Crippen LogP contribution is 2.36. The van der Waals surface area contributed by atoms with E-state index >= 15 is 0 Å². The lowest BCUT2D eigenvalue weighted by Gasteiger charge is -2.29. The van der Waals surface area contributed by atoms with Crippen molar-refractivity contribution in [2.45, 2.75) is 19.3 Å². The normalized spacial score (nSPS) is 12.7. The topological polar surface area (TPSA) is 68.7 Å². The largest absolute Gasteiger partial charge is 0.482 e. The molecule has 7 heteroatoms. The van der Waals surface area contributed by atoms with Gasteiger partial charge in [0.1, 0.15) is 12.3 Å². The fourth-order valence-corrected chi connectivity index (χ4v) is 4.95. The monoisotopic (exact) mass is 498 g/mol. The molecule has 3 aromatic carbocycles. The fraction of sp³-hybridized carbons (Fsp3) is 0.207. The van der Waals surface area contributed by atoms with Crippen molar-refractivity contribution in [3.8, 4) is 17.0 Å². The van der Waals surface area contributed by atoms with Gasteiger partial charge in [-0.15, -0.1) is 11.3 Å². The average Bonchev–Trinajstić information content (AvgIpc) is 3.38. The molecule has 2 heterocycles. The molecule has 0 saturated carbocycles. The molecule has 1 aromatic heterocycles. The lowest BCUT2D eigenvalue weighted by Crippen LogP contribution is -2.42. The molecular weight excluding hydrogens is 472 g/mol. The molecule has 5 rings (SSSR count). The number of fused-ring (bicyclic) bond motifs is 1. The number of aromatic nitrogens is 1. The van der Waals surface area contributed by atoms with Gasteiger partial charge >= 0.3 is 5.97 Å². The van der Waals surface area contributed by atoms with E-state index in [0.29, 0.717) is 18.0 Å². The Kier molecular flexibility index (Phi) is 7.38. The first-order valence-electron chi connectivity index (χ1n) is 11.9. The van der Waals surface area contributed by atoms with Gasteiger partial charge in [0.15, 0.2) is 6.61 Å². The van der Waals surface area contributed by atoms with E-state index in [0.717, 1.165) is 35.5 Å². The quantitative estimate of drug-likeness (QED) is 0.231. The first-order chi connectivity index (χ1) is 17.7. The van der Waals surface area contributed by atoms with Gasteiger partial charge in [0, 0.05) is 17.4 Å². The summed E-state index contributed by atoms with van der Waals surface area (Å²) in [4.78, 5) is 31.4. The number of ether oxygens (including phenoxy) is 2. The lowest BCUT2D eigenvalue weighted by molar-refractivity contribution is -0.143. The molecular formula is C29H26N2O4S. The van der Waals surface area contributed by atoms with Gasteiger partial charge < -0.3 is 9.47 Å². The van der Waals surface area contributed by atoms with Crippen LogP contribution in [-0.2, 0) is 27.2 Å². The summed E-state index contributed by atoms with van der Waals surface area (Å²) in [6, 6.07) is 25.9. The maximum Gasteiger partial charge on any atom is 0.326 e. The SMILES string of the molecule is O=C(CN1C(=O)COc2ccc(-c3csc(Cc4ccccc4)n3)cc21)OCCCc1ccccc1. The highest BCUT2D eigenvalue weighted by Gasteiger charge is 2.28. The number of aryl methyl sites for hydroxylation is 1. The van der Waals surface area contributed by atoms with Crippen LogP contribution >= 0.6 is 11.3 Å². The van der Waals surface area contributed by atoms with Crippen LogP contribution in [0.15, 0.2) is 84.2 Å². The van der Waals surface area contributed by atoms with Crippen molar-refractivity contribution in [1.29, 1.82) is 0 Å². The number of esters is 1. The van der Waals surface area contributed by atoms with Crippen molar-refractivity contribution in [3.63, 3.8) is 0 Å². The first-order valence-corrected chi connectivity index (χ1v) is 12.8. The van der Waals surface area contributed by atoms with Crippen LogP contribution < -0.4 is 9.64 Å². The highest BCUT2D eigenvalue weighted by atomic mass is 32.1. The number of carbonyl (C=O) groups excluding carboxylic acids is 2. The molecule has 0 bridgehead atoms. The molecule has 36 heavy (non-hydrogen) atoms. The van der Waals surface area contributed by atoms with E-state index in [1.54, 1.807) is 11.3 Å². The molecule has 0 radical (unpaired) electrons. The molecule has 0 saturated heterocycles. The number of anilines is 1. The van der Waals surface area contributed by atoms with Crippen molar-refractivity contribution in [1.82, 2.24) is 4.98 Å². The third-order valence-corrected chi connectivity index (χ3v) is 6.80. The minimum atomic E-state index is -0.437. The van der Waals surface area contributed by atoms with Gasteiger partial charge in [-0.3, -0.25) is 14.5 Å². The number of benzene rings is 3. The fourth-order valence-electron chi connectivity index (χ4n) is 4.11. The van der Waals surface area contributed by atoms with E-state index in [9.17, 15) is 9.59 Å². The van der Waals surface area contributed by atoms with E-state index in [4.69, 9.17) is 14.5 Å². The Morgan fingerprint density at radius 1 is 1.00 bits per heavy atom. The van der Waals surface area contributed by atoms with Gasteiger partial charge in [-0.1, -0.05) is 60.7 Å². The molecule has 182 valence electrons. The third-order valence-electron chi connectivity index (χ3n) is 5.95. The Hall–Kier alpha value is -3.97. The summed E-state index contributed by atoms with van der Waals surface area (Å²) < 4.78 is 11.0. The first kappa shape index (κ1) is 23.8. The molecule has 0 N–H and O–H groups in total. The summed E-state index contributed by atoms with van der Waals surface area (Å²) >= 11 is 1.60. The van der Waals surface area contributed by atoms with E-state index < -0.39 is 5.97 Å². The minimum absolute atomic E-state index is 0.106. The van der Waals surface area contributed by atoms with Crippen molar-refractivity contribution in [2.24, 2.45) is 0 Å². The molecule has 4 aromatic rings. The molecule has 0 atom stereocenters. The van der Waals surface area contributed by atoms with E-state index in [1.165, 1.54) is 16.0 Å². The van der Waals surface area contributed by atoms with Crippen LogP contribution in [0.5, 0.6) is 5.75 Å². The van der Waals surface area contributed by atoms with Gasteiger partial charge in [-0.25, -0.2) is 4.98 Å². The Bertz CT molecular complexity index is 1340. The Morgan fingerprint density at radius 3 is 2.53 bits per heavy atom. The standard InChI is InChI=1S/C29H26N2O4S/c32-28-19-35-26-14-13-23(24-20-36-27(30-24)16-22-10-5-2-6-11-22)17-25(26)31(28)18-29(33)34-15-7-12-21-8-3-1-4-9-21/h1-6,8-11,13-14,17,20H,7,12,15-16,18-19H2. The molecule has 1 amide bonds. The summed E-state index contributed by atoms with van der Waals surface area (Å²) in [6.07, 6.45) is 2.32. The zero-order valence-corrected chi connectivity index (χ0v) is 20.6. The van der Waals surface area contributed by atoms with E-state index in [2.05, 4.69) is 24.3 Å². The average molecular weight is 499 g/mol. The van der Waals surface area contributed by atoms with Crippen LogP contribution in [0.3, 0.4) is 0 Å². The van der Waals surface area contributed by atoms with Crippen LogP contribution in [0.1, 0.15) is 22.6 Å². The molecule has 0 spiro atoms. The van der Waals surface area contributed by atoms with Crippen molar-refractivity contribution >= 4 is 28.9 Å². The number of thiazole rings is 1. The number of amides is 1. The molecule has 1 aliphatic rings. The molecule has 0 unspecified atom stereocenters. The van der Waals surface area contributed by atoms with Gasteiger partial charge in [0.05, 0.1) is 23.0 Å². The minimum Gasteiger partial charge on any atom is -0.482 e. The lowest BCUT2D eigenvalue weighted by atomic mass is 10.1. The predicted octanol–water partition coefficient (Wildman–Crippen LogP) is 5.30. The Balaban J connectivity index is 1.24. The third kappa shape index (κ3) is 5.80. The number of hydrogen-bond acceptors (Lipinski definition) is 6. The van der Waals surface area contributed by atoms with Crippen LogP contribution in [-0.4, -0.2) is 36.6 Å². The van der Waals surface area contributed by atoms with Gasteiger partial charge in [-0.2, -0.15) is 0 Å². The van der Waals surface area contributed by atoms with Crippen LogP contribution in [0.25, 0.3) is 11.3 Å². The zero-order valence-electron chi connectivity index (χ0n) is 19.8. The molecule has 6 nitrogen and oxygen atoms in total. The predicted molar refractivity (Wildman–Crippen MR) is 140 cm³/mol. The number of nitrogens with zero attached hydrogens (tertiary/aromatic N) is 2. The molecule has 0 aliphatic carbocycles. The second-order valence-electron chi connectivity index (χ2n) is 8.55. The van der Waals surface area contributed by atoms with Crippen molar-refractivity contribution < 1.29 is 19.1 Å². The molecule has 0 fully saturated rings. The zero-order chi connectivity index (χ0) is 24.7. The van der Waals surface area contributed by atoms with Crippen LogP contribution in [0, 0.1) is 0 Å². The Morgan fingerprint density at radius 2 is 1.75 bits per heavy atom. The smallest absolute Gasteiger partial charge is 0.326 e. The molecule has 1 aliphatic heterocycles. The van der Waals surface area contributed by atoms with Crippen molar-refractivity contribution in [2.75, 3.05) is 24.7 Å². The summed E-state index contributed by atoms with van der Waals surface area (Å²) in [6.45, 7) is 0.0496. The highest BCUT2D eigenvalue weighted by molar-refractivity contribution is 7.10. The summed E-state index contributed by atoms with van der Waals surface area (Å²) in [5.41, 5.74) is 4.66. The number of rotatable bonds is 9.